The summed E-state index contributed by atoms with van der Waals surface area (Å²) in [5.41, 5.74) is 3.18. The van der Waals surface area contributed by atoms with Crippen LogP contribution in [0.3, 0.4) is 0 Å². The number of benzene rings is 3. The Kier molecular flexibility index (Phi) is 10.3. The molecule has 7 nitrogen and oxygen atoms in total. The molecule has 0 aliphatic rings. The highest BCUT2D eigenvalue weighted by molar-refractivity contribution is 7.92. The number of rotatable bonds is 12. The molecule has 0 spiro atoms. The van der Waals surface area contributed by atoms with Crippen LogP contribution in [0.15, 0.2) is 83.8 Å². The first kappa shape index (κ1) is 29.9. The summed E-state index contributed by atoms with van der Waals surface area (Å²) >= 11 is 0. The van der Waals surface area contributed by atoms with Crippen LogP contribution in [-0.4, -0.2) is 43.8 Å². The van der Waals surface area contributed by atoms with Crippen molar-refractivity contribution in [3.63, 3.8) is 0 Å². The van der Waals surface area contributed by atoms with Crippen molar-refractivity contribution in [2.24, 2.45) is 0 Å². The number of sulfonamides is 1. The van der Waals surface area contributed by atoms with E-state index < -0.39 is 28.5 Å². The molecular formula is C31H39N3O4S. The van der Waals surface area contributed by atoms with Crippen LogP contribution in [-0.2, 0) is 32.6 Å². The monoisotopic (exact) mass is 549 g/mol. The summed E-state index contributed by atoms with van der Waals surface area (Å²) in [6.45, 7) is 9.21. The zero-order chi connectivity index (χ0) is 28.6. The molecule has 0 aromatic heterocycles. The Morgan fingerprint density at radius 3 is 2.10 bits per heavy atom. The minimum atomic E-state index is -4.08. The molecule has 0 aliphatic carbocycles. The second-order valence-electron chi connectivity index (χ2n) is 9.81. The van der Waals surface area contributed by atoms with Gasteiger partial charge in [-0.3, -0.25) is 13.9 Å². The van der Waals surface area contributed by atoms with Crippen LogP contribution >= 0.6 is 0 Å². The zero-order valence-electron chi connectivity index (χ0n) is 23.4. The summed E-state index contributed by atoms with van der Waals surface area (Å²) in [6.07, 6.45) is 1.34. The fraction of sp³-hybridized carbons (Fsp3) is 0.355. The standard InChI is InChI=1S/C31H39N3O4S/c1-6-24(4)32-31(36)25(5)33(21-26-19-17-23(3)18-20-26)30(35)22-34(29-16-12-11-13-27(29)7-2)39(37,38)28-14-9-8-10-15-28/h8-20,24-25H,6-7,21-22H2,1-5H3,(H,32,36)/t24-,25-/m1/s1. The molecule has 208 valence electrons. The Morgan fingerprint density at radius 1 is 0.872 bits per heavy atom. The van der Waals surface area contributed by atoms with Gasteiger partial charge in [0.2, 0.25) is 11.8 Å². The molecule has 0 saturated heterocycles. The van der Waals surface area contributed by atoms with Crippen LogP contribution in [0, 0.1) is 6.92 Å². The predicted molar refractivity (Wildman–Crippen MR) is 156 cm³/mol. The first-order valence-corrected chi connectivity index (χ1v) is 14.8. The molecule has 0 bridgehead atoms. The second-order valence-corrected chi connectivity index (χ2v) is 11.7. The first-order valence-electron chi connectivity index (χ1n) is 13.4. The van der Waals surface area contributed by atoms with E-state index in [9.17, 15) is 18.0 Å². The zero-order valence-corrected chi connectivity index (χ0v) is 24.2. The van der Waals surface area contributed by atoms with E-state index in [0.717, 1.165) is 23.1 Å². The van der Waals surface area contributed by atoms with Crippen molar-refractivity contribution in [3.8, 4) is 0 Å². The quantitative estimate of drug-likeness (QED) is 0.341. The Bertz CT molecular complexity index is 1360. The van der Waals surface area contributed by atoms with Crippen LogP contribution in [0.2, 0.25) is 0 Å². The van der Waals surface area contributed by atoms with E-state index in [1.165, 1.54) is 21.3 Å². The highest BCUT2D eigenvalue weighted by atomic mass is 32.2. The van der Waals surface area contributed by atoms with E-state index in [1.54, 1.807) is 37.3 Å². The lowest BCUT2D eigenvalue weighted by molar-refractivity contribution is -0.139. The number of nitrogens with zero attached hydrogens (tertiary/aromatic N) is 2. The molecule has 3 aromatic carbocycles. The molecule has 0 unspecified atom stereocenters. The third kappa shape index (κ3) is 7.47. The minimum Gasteiger partial charge on any atom is -0.352 e. The maximum Gasteiger partial charge on any atom is 0.264 e. The predicted octanol–water partition coefficient (Wildman–Crippen LogP) is 5.08. The topological polar surface area (TPSA) is 86.8 Å². The number of aryl methyl sites for hydroxylation is 2. The van der Waals surface area contributed by atoms with Gasteiger partial charge in [-0.15, -0.1) is 0 Å². The number of para-hydroxylation sites is 1. The summed E-state index contributed by atoms with van der Waals surface area (Å²) in [6, 6.07) is 22.2. The van der Waals surface area contributed by atoms with E-state index in [2.05, 4.69) is 5.32 Å². The molecule has 0 saturated carbocycles. The Hall–Kier alpha value is -3.65. The summed E-state index contributed by atoms with van der Waals surface area (Å²) < 4.78 is 29.0. The number of anilines is 1. The highest BCUT2D eigenvalue weighted by Gasteiger charge is 2.33. The summed E-state index contributed by atoms with van der Waals surface area (Å²) in [7, 11) is -4.08. The van der Waals surface area contributed by atoms with Crippen molar-refractivity contribution in [1.29, 1.82) is 0 Å². The van der Waals surface area contributed by atoms with Gasteiger partial charge in [-0.05, 0) is 62.9 Å². The average Bonchev–Trinajstić information content (AvgIpc) is 2.95. The van der Waals surface area contributed by atoms with Crippen LogP contribution < -0.4 is 9.62 Å². The van der Waals surface area contributed by atoms with Gasteiger partial charge in [-0.1, -0.05) is 80.1 Å². The number of hydrogen-bond acceptors (Lipinski definition) is 4. The number of amides is 2. The SMILES string of the molecule is CCc1ccccc1N(CC(=O)N(Cc1ccc(C)cc1)[C@H](C)C(=O)N[C@H](C)CC)S(=O)(=O)c1ccccc1. The Labute approximate surface area is 232 Å². The van der Waals surface area contributed by atoms with Gasteiger partial charge in [0.15, 0.2) is 0 Å². The molecule has 1 N–H and O–H groups in total. The smallest absolute Gasteiger partial charge is 0.264 e. The van der Waals surface area contributed by atoms with Gasteiger partial charge in [-0.2, -0.15) is 0 Å². The lowest BCUT2D eigenvalue weighted by Gasteiger charge is -2.33. The van der Waals surface area contributed by atoms with Crippen molar-refractivity contribution in [1.82, 2.24) is 10.2 Å². The van der Waals surface area contributed by atoms with Crippen LogP contribution in [0.4, 0.5) is 5.69 Å². The van der Waals surface area contributed by atoms with Gasteiger partial charge in [0.05, 0.1) is 10.6 Å². The van der Waals surface area contributed by atoms with Gasteiger partial charge in [0, 0.05) is 12.6 Å². The van der Waals surface area contributed by atoms with E-state index in [0.29, 0.717) is 12.1 Å². The maximum atomic E-state index is 14.0. The fourth-order valence-corrected chi connectivity index (χ4v) is 5.70. The molecule has 3 aromatic rings. The van der Waals surface area contributed by atoms with Gasteiger partial charge in [0.1, 0.15) is 12.6 Å². The Morgan fingerprint density at radius 2 is 1.49 bits per heavy atom. The summed E-state index contributed by atoms with van der Waals surface area (Å²) in [5.74, 6) is -0.746. The van der Waals surface area contributed by atoms with E-state index in [4.69, 9.17) is 0 Å². The first-order chi connectivity index (χ1) is 18.6. The Balaban J connectivity index is 2.04. The van der Waals surface area contributed by atoms with Crippen LogP contribution in [0.25, 0.3) is 0 Å². The lowest BCUT2D eigenvalue weighted by Crippen LogP contribution is -2.52. The molecule has 0 heterocycles. The molecule has 39 heavy (non-hydrogen) atoms. The molecule has 2 atom stereocenters. The van der Waals surface area contributed by atoms with Gasteiger partial charge in [0.25, 0.3) is 10.0 Å². The van der Waals surface area contributed by atoms with E-state index in [-0.39, 0.29) is 23.4 Å². The lowest BCUT2D eigenvalue weighted by atomic mass is 10.1. The van der Waals surface area contributed by atoms with Crippen molar-refractivity contribution in [2.45, 2.75) is 71.0 Å². The second kappa shape index (κ2) is 13.4. The largest absolute Gasteiger partial charge is 0.352 e. The van der Waals surface area contributed by atoms with Gasteiger partial charge >= 0.3 is 0 Å². The molecule has 2 amide bonds. The van der Waals surface area contributed by atoms with Crippen molar-refractivity contribution >= 4 is 27.5 Å². The number of carbonyl (C=O) groups is 2. The minimum absolute atomic E-state index is 0.0531. The molecule has 0 radical (unpaired) electrons. The summed E-state index contributed by atoms with van der Waals surface area (Å²) in [5, 5.41) is 2.95. The highest BCUT2D eigenvalue weighted by Crippen LogP contribution is 2.28. The fourth-order valence-electron chi connectivity index (χ4n) is 4.22. The maximum absolute atomic E-state index is 14.0. The van der Waals surface area contributed by atoms with Crippen LogP contribution in [0.5, 0.6) is 0 Å². The van der Waals surface area contributed by atoms with Crippen molar-refractivity contribution < 1.29 is 18.0 Å². The summed E-state index contributed by atoms with van der Waals surface area (Å²) in [4.78, 5) is 28.7. The van der Waals surface area contributed by atoms with Crippen molar-refractivity contribution in [2.75, 3.05) is 10.8 Å². The van der Waals surface area contributed by atoms with E-state index >= 15 is 0 Å². The number of carbonyl (C=O) groups excluding carboxylic acids is 2. The number of nitrogens with one attached hydrogen (secondary N) is 1. The molecule has 8 heteroatoms. The third-order valence-electron chi connectivity index (χ3n) is 6.89. The van der Waals surface area contributed by atoms with Crippen LogP contribution in [0.1, 0.15) is 50.8 Å². The molecule has 3 rings (SSSR count). The normalized spacial score (nSPS) is 12.8. The molecule has 0 aliphatic heterocycles. The third-order valence-corrected chi connectivity index (χ3v) is 8.67. The van der Waals surface area contributed by atoms with Gasteiger partial charge < -0.3 is 10.2 Å². The van der Waals surface area contributed by atoms with Crippen molar-refractivity contribution in [3.05, 3.63) is 95.6 Å². The number of hydrogen-bond donors (Lipinski definition) is 1. The van der Waals surface area contributed by atoms with E-state index in [1.807, 2.05) is 64.1 Å². The molecule has 0 fully saturated rings. The molecular weight excluding hydrogens is 510 g/mol. The average molecular weight is 550 g/mol. The van der Waals surface area contributed by atoms with Gasteiger partial charge in [-0.25, -0.2) is 8.42 Å².